The Bertz CT molecular complexity index is 7.61. The summed E-state index contributed by atoms with van der Waals surface area (Å²) in [7, 11) is 0. The summed E-state index contributed by atoms with van der Waals surface area (Å²) in [5, 5.41) is 0. The quantitative estimate of drug-likeness (QED) is 0.455. The van der Waals surface area contributed by atoms with Crippen molar-refractivity contribution in [2.75, 3.05) is 0 Å². The molecule has 0 spiro atoms. The van der Waals surface area contributed by atoms with E-state index in [9.17, 15) is 0 Å². The second-order valence-electron chi connectivity index (χ2n) is 0.192. The summed E-state index contributed by atoms with van der Waals surface area (Å²) >= 11 is 0. The maximum atomic E-state index is 4.50. The Morgan fingerprint density at radius 1 is 1.20 bits per heavy atom. The van der Waals surface area contributed by atoms with Crippen LogP contribution in [0.3, 0.4) is 0 Å². The smallest absolute Gasteiger partial charge is 0 e. The van der Waals surface area contributed by atoms with Gasteiger partial charge in [0.2, 0.25) is 0 Å². The third kappa shape index (κ3) is 43.8. The number of hydrogen-bond donors (Lipinski definition) is 2. The molecule has 0 saturated heterocycles. The van der Waals surface area contributed by atoms with E-state index in [1.165, 1.54) is 0 Å². The van der Waals surface area contributed by atoms with Crippen molar-refractivity contribution in [2.45, 2.75) is 0 Å². The molecule has 0 fully saturated rings. The van der Waals surface area contributed by atoms with Gasteiger partial charge in [0.25, 0.3) is 0 Å². The van der Waals surface area contributed by atoms with Gasteiger partial charge in [-0.15, -0.1) is 0 Å². The van der Waals surface area contributed by atoms with Gasteiger partial charge in [-0.3, -0.25) is 0 Å². The SMILES string of the molecule is N[CH-]N.[CH3-].[Y]. The Hall–Kier alpha value is 1.02. The minimum absolute atomic E-state index is 0. The van der Waals surface area contributed by atoms with Crippen LogP contribution in [0, 0.1) is 14.1 Å². The molecule has 0 heterocycles. The van der Waals surface area contributed by atoms with Crippen LogP contribution >= 0.6 is 0 Å². The van der Waals surface area contributed by atoms with Crippen LogP contribution in [0.15, 0.2) is 0 Å². The van der Waals surface area contributed by atoms with Crippen molar-refractivity contribution in [3.63, 3.8) is 0 Å². The topological polar surface area (TPSA) is 52.0 Å². The van der Waals surface area contributed by atoms with Gasteiger partial charge in [0.15, 0.2) is 0 Å². The minimum Gasteiger partial charge on any atom is -0.470 e. The average molecular weight is 149 g/mol. The number of nitrogens with two attached hydrogens (primary N) is 2. The van der Waals surface area contributed by atoms with Crippen LogP contribution in [0.2, 0.25) is 0 Å². The van der Waals surface area contributed by atoms with Crippen molar-refractivity contribution in [2.24, 2.45) is 11.5 Å². The fraction of sp³-hybridized carbons (Fsp3) is 0. The monoisotopic (exact) mass is 149 g/mol. The molecule has 1 radical (unpaired) electrons. The van der Waals surface area contributed by atoms with Crippen LogP contribution in [-0.2, 0) is 32.7 Å². The molecule has 0 atom stereocenters. The second-order valence-corrected chi connectivity index (χ2v) is 0.192. The van der Waals surface area contributed by atoms with Crippen molar-refractivity contribution >= 4 is 0 Å². The maximum Gasteiger partial charge on any atom is 0 e. The third-order valence-electron chi connectivity index (χ3n) is 0. The first-order valence-electron chi connectivity index (χ1n) is 0.667. The molecule has 0 aromatic rings. The summed E-state index contributed by atoms with van der Waals surface area (Å²) in [5.41, 5.74) is 9.00. The largest absolute Gasteiger partial charge is 0.470 e. The van der Waals surface area contributed by atoms with E-state index in [1.54, 1.807) is 0 Å². The summed E-state index contributed by atoms with van der Waals surface area (Å²) in [6.07, 6.45) is 0. The molecule has 0 aliphatic carbocycles. The van der Waals surface area contributed by atoms with Crippen LogP contribution < -0.4 is 11.5 Å². The first-order chi connectivity index (χ1) is 1.41. The Morgan fingerprint density at radius 2 is 1.20 bits per heavy atom. The van der Waals surface area contributed by atoms with Gasteiger partial charge in [-0.1, -0.05) is 0 Å². The van der Waals surface area contributed by atoms with E-state index in [0.717, 1.165) is 6.67 Å². The fourth-order valence-electron chi connectivity index (χ4n) is 0. The molecule has 0 rings (SSSR count). The van der Waals surface area contributed by atoms with Gasteiger partial charge in [0, 0.05) is 32.7 Å². The van der Waals surface area contributed by atoms with Crippen LogP contribution in [-0.4, -0.2) is 0 Å². The van der Waals surface area contributed by atoms with Gasteiger partial charge in [-0.2, -0.15) is 0 Å². The van der Waals surface area contributed by atoms with Gasteiger partial charge >= 0.3 is 0 Å². The molecule has 3 heteroatoms. The molecule has 0 saturated carbocycles. The summed E-state index contributed by atoms with van der Waals surface area (Å²) in [6.45, 7) is 1.00. The standard InChI is InChI=1S/CH5N2.CH3.Y/c2-1-3;;/h1H,2-3H2;1H3;/q2*-1;. The summed E-state index contributed by atoms with van der Waals surface area (Å²) in [6, 6.07) is 0. The molecule has 2 nitrogen and oxygen atoms in total. The summed E-state index contributed by atoms with van der Waals surface area (Å²) < 4.78 is 0. The van der Waals surface area contributed by atoms with Crippen LogP contribution in [0.25, 0.3) is 0 Å². The van der Waals surface area contributed by atoms with Crippen molar-refractivity contribution in [3.05, 3.63) is 14.1 Å². The molecule has 5 heavy (non-hydrogen) atoms. The van der Waals surface area contributed by atoms with Crippen molar-refractivity contribution in [1.82, 2.24) is 0 Å². The van der Waals surface area contributed by atoms with Crippen LogP contribution in [0.5, 0.6) is 0 Å². The van der Waals surface area contributed by atoms with Crippen molar-refractivity contribution in [1.29, 1.82) is 0 Å². The fourth-order valence-corrected chi connectivity index (χ4v) is 0. The molecular formula is C2H8N2Y-2. The van der Waals surface area contributed by atoms with Gasteiger partial charge in [-0.05, 0) is 0 Å². The molecule has 0 unspecified atom stereocenters. The zero-order valence-corrected chi connectivity index (χ0v) is 6.15. The molecule has 0 aromatic carbocycles. The average Bonchev–Trinajstić information content (AvgIpc) is 0.918. The Morgan fingerprint density at radius 3 is 1.20 bits per heavy atom. The molecule has 31 valence electrons. The van der Waals surface area contributed by atoms with E-state index in [0.29, 0.717) is 0 Å². The zero-order chi connectivity index (χ0) is 2.71. The van der Waals surface area contributed by atoms with Gasteiger partial charge in [0.05, 0.1) is 0 Å². The van der Waals surface area contributed by atoms with E-state index < -0.39 is 0 Å². The van der Waals surface area contributed by atoms with E-state index in [4.69, 9.17) is 0 Å². The first-order valence-corrected chi connectivity index (χ1v) is 0.667. The van der Waals surface area contributed by atoms with E-state index in [-0.39, 0.29) is 40.1 Å². The first kappa shape index (κ1) is 16.6. The zero-order valence-electron chi connectivity index (χ0n) is 3.31. The summed E-state index contributed by atoms with van der Waals surface area (Å²) in [5.74, 6) is 0. The minimum atomic E-state index is 0. The van der Waals surface area contributed by atoms with Gasteiger partial charge in [-0.25, -0.2) is 6.67 Å². The Labute approximate surface area is 58.2 Å². The van der Waals surface area contributed by atoms with Crippen molar-refractivity contribution < 1.29 is 32.7 Å². The number of hydrogen-bond acceptors (Lipinski definition) is 2. The molecule has 4 N–H and O–H groups in total. The summed E-state index contributed by atoms with van der Waals surface area (Å²) in [4.78, 5) is 0. The Balaban J connectivity index is -0.0000000200. The predicted molar refractivity (Wildman–Crippen MR) is 19.1 cm³/mol. The van der Waals surface area contributed by atoms with E-state index >= 15 is 0 Å². The van der Waals surface area contributed by atoms with Gasteiger partial charge in [0.1, 0.15) is 0 Å². The molecular weight excluding hydrogens is 141 g/mol. The molecule has 0 aliphatic rings. The van der Waals surface area contributed by atoms with Crippen molar-refractivity contribution in [3.8, 4) is 0 Å². The molecule has 0 amide bonds. The van der Waals surface area contributed by atoms with Crippen LogP contribution in [0.1, 0.15) is 0 Å². The second kappa shape index (κ2) is 19.9. The van der Waals surface area contributed by atoms with Gasteiger partial charge < -0.3 is 18.9 Å². The molecule has 0 aliphatic heterocycles. The normalized spacial score (nSPS) is 3.60. The number of rotatable bonds is 0. The van der Waals surface area contributed by atoms with E-state index in [2.05, 4.69) is 11.5 Å². The molecule has 0 aromatic heterocycles. The third-order valence-corrected chi connectivity index (χ3v) is 0. The predicted octanol–water partition coefficient (Wildman–Crippen LogP) is -0.529. The Kier molecular flexibility index (Phi) is 66.0. The molecule has 0 bridgehead atoms. The van der Waals surface area contributed by atoms with E-state index in [1.807, 2.05) is 0 Å². The maximum absolute atomic E-state index is 4.50. The van der Waals surface area contributed by atoms with Crippen LogP contribution in [0.4, 0.5) is 0 Å².